The van der Waals surface area contributed by atoms with E-state index in [1.165, 1.54) is 11.1 Å². The molecular weight excluding hydrogens is 234 g/mol. The number of aryl methyl sites for hydroxylation is 1. The van der Waals surface area contributed by atoms with E-state index >= 15 is 0 Å². The molecule has 0 saturated carbocycles. The second-order valence-electron chi connectivity index (χ2n) is 5.18. The smallest absolute Gasteiger partial charge is 0.122 e. The first-order valence-electron chi connectivity index (χ1n) is 7.38. The molecule has 0 N–H and O–H groups in total. The highest BCUT2D eigenvalue weighted by Crippen LogP contribution is 2.24. The highest BCUT2D eigenvalue weighted by atomic mass is 16.5. The van der Waals surface area contributed by atoms with E-state index in [1.807, 2.05) is 13.8 Å². The maximum absolute atomic E-state index is 5.85. The van der Waals surface area contributed by atoms with Crippen molar-refractivity contribution >= 4 is 0 Å². The Morgan fingerprint density at radius 3 is 2.32 bits per heavy atom. The van der Waals surface area contributed by atoms with Gasteiger partial charge in [0.05, 0.1) is 6.61 Å². The van der Waals surface area contributed by atoms with Crippen molar-refractivity contribution in [3.8, 4) is 5.75 Å². The van der Waals surface area contributed by atoms with Crippen LogP contribution >= 0.6 is 0 Å². The molecule has 0 saturated heterocycles. The average Bonchev–Trinajstić information content (AvgIpc) is 2.38. The fourth-order valence-corrected chi connectivity index (χ4v) is 1.69. The Morgan fingerprint density at radius 2 is 1.79 bits per heavy atom. The predicted molar refractivity (Wildman–Crippen MR) is 85.3 cm³/mol. The van der Waals surface area contributed by atoms with Gasteiger partial charge >= 0.3 is 0 Å². The highest BCUT2D eigenvalue weighted by Gasteiger charge is 2.04. The van der Waals surface area contributed by atoms with Gasteiger partial charge in [0, 0.05) is 6.54 Å². The molecule has 0 aliphatic heterocycles. The summed E-state index contributed by atoms with van der Waals surface area (Å²) in [6.07, 6.45) is 1.07. The van der Waals surface area contributed by atoms with Crippen molar-refractivity contribution < 1.29 is 4.74 Å². The summed E-state index contributed by atoms with van der Waals surface area (Å²) in [5.74, 6) is 1.59. The number of rotatable bonds is 6. The van der Waals surface area contributed by atoms with E-state index in [2.05, 4.69) is 58.0 Å². The van der Waals surface area contributed by atoms with Crippen LogP contribution in [-0.4, -0.2) is 32.1 Å². The van der Waals surface area contributed by atoms with Gasteiger partial charge in [-0.25, -0.2) is 0 Å². The Labute approximate surface area is 119 Å². The third-order valence-corrected chi connectivity index (χ3v) is 2.89. The highest BCUT2D eigenvalue weighted by molar-refractivity contribution is 5.37. The minimum atomic E-state index is 0.555. The van der Waals surface area contributed by atoms with E-state index in [0.29, 0.717) is 5.92 Å². The van der Waals surface area contributed by atoms with E-state index in [9.17, 15) is 0 Å². The van der Waals surface area contributed by atoms with Crippen LogP contribution in [0.1, 0.15) is 51.2 Å². The van der Waals surface area contributed by atoms with Crippen LogP contribution in [0.3, 0.4) is 0 Å². The van der Waals surface area contributed by atoms with Crippen LogP contribution in [-0.2, 0) is 0 Å². The summed E-state index contributed by atoms with van der Waals surface area (Å²) in [5.41, 5.74) is 2.57. The van der Waals surface area contributed by atoms with Crippen molar-refractivity contribution in [2.75, 3.05) is 27.2 Å². The molecule has 19 heavy (non-hydrogen) atoms. The minimum Gasteiger partial charge on any atom is -0.493 e. The summed E-state index contributed by atoms with van der Waals surface area (Å²) >= 11 is 0. The molecule has 0 unspecified atom stereocenters. The van der Waals surface area contributed by atoms with E-state index in [4.69, 9.17) is 4.74 Å². The van der Waals surface area contributed by atoms with Gasteiger partial charge in [-0.2, -0.15) is 0 Å². The first-order valence-corrected chi connectivity index (χ1v) is 7.38. The second-order valence-corrected chi connectivity index (χ2v) is 5.18. The number of nitrogens with zero attached hydrogens (tertiary/aromatic N) is 1. The number of benzene rings is 1. The lowest BCUT2D eigenvalue weighted by molar-refractivity contribution is 0.280. The topological polar surface area (TPSA) is 12.5 Å². The molecule has 110 valence electrons. The Hall–Kier alpha value is -1.02. The zero-order chi connectivity index (χ0) is 14.8. The van der Waals surface area contributed by atoms with Crippen molar-refractivity contribution in [2.45, 2.75) is 47.0 Å². The minimum absolute atomic E-state index is 0.555. The van der Waals surface area contributed by atoms with Gasteiger partial charge in [0.25, 0.3) is 0 Å². The molecule has 0 fully saturated rings. The van der Waals surface area contributed by atoms with E-state index in [1.54, 1.807) is 0 Å². The monoisotopic (exact) mass is 265 g/mol. The molecule has 0 aromatic heterocycles. The van der Waals surface area contributed by atoms with Crippen LogP contribution in [0.5, 0.6) is 5.75 Å². The van der Waals surface area contributed by atoms with Gasteiger partial charge in [-0.1, -0.05) is 39.8 Å². The maximum Gasteiger partial charge on any atom is 0.122 e. The molecule has 1 aromatic rings. The summed E-state index contributed by atoms with van der Waals surface area (Å²) < 4.78 is 5.85. The average molecular weight is 265 g/mol. The van der Waals surface area contributed by atoms with Gasteiger partial charge in [0.1, 0.15) is 5.75 Å². The lowest BCUT2D eigenvalue weighted by Crippen LogP contribution is -2.15. The predicted octanol–water partition coefficient (Wildman–Crippen LogP) is 4.48. The summed E-state index contributed by atoms with van der Waals surface area (Å²) in [5, 5.41) is 0. The van der Waals surface area contributed by atoms with Crippen LogP contribution < -0.4 is 4.74 Å². The molecule has 0 amide bonds. The molecule has 1 aromatic carbocycles. The molecular formula is C17H31NO. The Bertz CT molecular complexity index is 345. The van der Waals surface area contributed by atoms with Crippen LogP contribution in [0, 0.1) is 6.92 Å². The molecule has 0 aliphatic rings. The molecule has 2 nitrogen and oxygen atoms in total. The molecule has 0 heterocycles. The molecule has 0 radical (unpaired) electrons. The van der Waals surface area contributed by atoms with Crippen LogP contribution in [0.25, 0.3) is 0 Å². The van der Waals surface area contributed by atoms with Gasteiger partial charge < -0.3 is 9.64 Å². The maximum atomic E-state index is 5.85. The van der Waals surface area contributed by atoms with Crippen molar-refractivity contribution in [3.05, 3.63) is 29.3 Å². The molecule has 0 atom stereocenters. The van der Waals surface area contributed by atoms with Gasteiger partial charge in [-0.15, -0.1) is 0 Å². The van der Waals surface area contributed by atoms with Crippen molar-refractivity contribution in [1.29, 1.82) is 0 Å². The standard InChI is InChI=1S/C15H25NO.C2H6/c1-12(2)14-8-7-13(3)15(11-14)17-10-6-9-16(4)5;1-2/h7-8,11-12H,6,9-10H2,1-5H3;1-2H3. The second kappa shape index (κ2) is 9.85. The van der Waals surface area contributed by atoms with E-state index in [0.717, 1.165) is 25.3 Å². The van der Waals surface area contributed by atoms with Crippen molar-refractivity contribution in [1.82, 2.24) is 4.90 Å². The molecule has 2 heteroatoms. The van der Waals surface area contributed by atoms with Gasteiger partial charge in [0.15, 0.2) is 0 Å². The summed E-state index contributed by atoms with van der Waals surface area (Å²) in [6.45, 7) is 12.4. The van der Waals surface area contributed by atoms with Gasteiger partial charge in [-0.3, -0.25) is 0 Å². The first kappa shape index (κ1) is 18.0. The Kier molecular flexibility index (Phi) is 9.32. The van der Waals surface area contributed by atoms with Crippen molar-refractivity contribution in [3.63, 3.8) is 0 Å². The van der Waals surface area contributed by atoms with E-state index < -0.39 is 0 Å². The molecule has 1 rings (SSSR count). The SMILES string of the molecule is CC.Cc1ccc(C(C)C)cc1OCCCN(C)C. The van der Waals surface area contributed by atoms with Gasteiger partial charge in [-0.05, 0) is 50.6 Å². The lowest BCUT2D eigenvalue weighted by atomic mass is 10.0. The largest absolute Gasteiger partial charge is 0.493 e. The Morgan fingerprint density at radius 1 is 1.16 bits per heavy atom. The lowest BCUT2D eigenvalue weighted by Gasteiger charge is -2.14. The van der Waals surface area contributed by atoms with Crippen LogP contribution in [0.15, 0.2) is 18.2 Å². The normalized spacial score (nSPS) is 10.4. The molecule has 0 aliphatic carbocycles. The Balaban J connectivity index is 0.00000154. The zero-order valence-electron chi connectivity index (χ0n) is 13.8. The summed E-state index contributed by atoms with van der Waals surface area (Å²) in [4.78, 5) is 2.18. The summed E-state index contributed by atoms with van der Waals surface area (Å²) in [7, 11) is 4.18. The quantitative estimate of drug-likeness (QED) is 0.703. The molecule has 0 bridgehead atoms. The third kappa shape index (κ3) is 7.22. The number of hydrogen-bond donors (Lipinski definition) is 0. The van der Waals surface area contributed by atoms with Crippen molar-refractivity contribution in [2.24, 2.45) is 0 Å². The molecule has 0 spiro atoms. The van der Waals surface area contributed by atoms with Gasteiger partial charge in [0.2, 0.25) is 0 Å². The third-order valence-electron chi connectivity index (χ3n) is 2.89. The summed E-state index contributed by atoms with van der Waals surface area (Å²) in [6, 6.07) is 6.51. The number of hydrogen-bond acceptors (Lipinski definition) is 2. The van der Waals surface area contributed by atoms with Crippen LogP contribution in [0.4, 0.5) is 0 Å². The fourth-order valence-electron chi connectivity index (χ4n) is 1.69. The first-order chi connectivity index (χ1) is 9.00. The fraction of sp³-hybridized carbons (Fsp3) is 0.647. The zero-order valence-corrected chi connectivity index (χ0v) is 13.8. The number of ether oxygens (including phenoxy) is 1. The van der Waals surface area contributed by atoms with E-state index in [-0.39, 0.29) is 0 Å². The van der Waals surface area contributed by atoms with Crippen LogP contribution in [0.2, 0.25) is 0 Å².